The average Bonchev–Trinajstić information content (AvgIpc) is 3.83. The number of aromatic nitrogens is 1. The van der Waals surface area contributed by atoms with Crippen molar-refractivity contribution < 1.29 is 0 Å². The lowest BCUT2D eigenvalue weighted by atomic mass is 9.67. The van der Waals surface area contributed by atoms with Gasteiger partial charge in [-0.05, 0) is 92.4 Å². The molecule has 1 aliphatic rings. The molecule has 0 N–H and O–H groups in total. The van der Waals surface area contributed by atoms with Gasteiger partial charge in [-0.25, -0.2) is 0 Å². The lowest BCUT2D eigenvalue weighted by Crippen LogP contribution is -2.28. The van der Waals surface area contributed by atoms with Crippen molar-refractivity contribution in [3.8, 4) is 27.9 Å². The highest BCUT2D eigenvalue weighted by Crippen LogP contribution is 2.57. The van der Waals surface area contributed by atoms with E-state index in [1.54, 1.807) is 0 Å². The summed E-state index contributed by atoms with van der Waals surface area (Å²) < 4.78 is 2.50. The summed E-state index contributed by atoms with van der Waals surface area (Å²) in [5.74, 6) is 0. The van der Waals surface area contributed by atoms with Crippen LogP contribution in [0.1, 0.15) is 22.3 Å². The number of rotatable bonds is 7. The van der Waals surface area contributed by atoms with E-state index < -0.39 is 5.41 Å². The number of benzene rings is 10. The van der Waals surface area contributed by atoms with E-state index in [1.807, 2.05) is 0 Å². The van der Waals surface area contributed by atoms with Gasteiger partial charge in [0, 0.05) is 27.5 Å². The number of nitrogens with zero attached hydrogens (tertiary/aromatic N) is 2. The Hall–Kier alpha value is -7.94. The Morgan fingerprint density at radius 2 is 0.918 bits per heavy atom. The topological polar surface area (TPSA) is 8.17 Å². The van der Waals surface area contributed by atoms with Crippen molar-refractivity contribution in [1.82, 2.24) is 4.57 Å². The molecule has 11 aromatic rings. The number of hydrogen-bond acceptors (Lipinski definition) is 1. The van der Waals surface area contributed by atoms with Gasteiger partial charge in [0.25, 0.3) is 0 Å². The average molecular weight is 777 g/mol. The third kappa shape index (κ3) is 5.36. The Labute approximate surface area is 355 Å². The second-order valence-electron chi connectivity index (χ2n) is 16.0. The van der Waals surface area contributed by atoms with Gasteiger partial charge in [0.05, 0.1) is 27.8 Å². The molecule has 286 valence electrons. The van der Waals surface area contributed by atoms with Crippen LogP contribution in [0.3, 0.4) is 0 Å². The van der Waals surface area contributed by atoms with Gasteiger partial charge in [-0.15, -0.1) is 0 Å². The SMILES string of the molecule is c1ccc(-c2ccc(N(c3ccc4c(c3)C(c3ccccc3)(c3ccccc3)c3ccccc3-4)c3cccc4c5ccccc5n(-c5cccc6ccccc56)c34)cc2)cc1. The molecule has 0 radical (unpaired) electrons. The van der Waals surface area contributed by atoms with Crippen LogP contribution in [-0.2, 0) is 5.41 Å². The Bertz CT molecular complexity index is 3360. The summed E-state index contributed by atoms with van der Waals surface area (Å²) in [5, 5.41) is 4.87. The summed E-state index contributed by atoms with van der Waals surface area (Å²) in [6.07, 6.45) is 0. The molecule has 61 heavy (non-hydrogen) atoms. The van der Waals surface area contributed by atoms with Gasteiger partial charge in [0.15, 0.2) is 0 Å². The first-order chi connectivity index (χ1) is 30.3. The van der Waals surface area contributed by atoms with Crippen molar-refractivity contribution in [2.75, 3.05) is 4.90 Å². The van der Waals surface area contributed by atoms with Crippen molar-refractivity contribution in [2.45, 2.75) is 5.41 Å². The minimum atomic E-state index is -0.531. The molecular formula is C59H40N2. The van der Waals surface area contributed by atoms with Gasteiger partial charge < -0.3 is 9.47 Å². The summed E-state index contributed by atoms with van der Waals surface area (Å²) >= 11 is 0. The van der Waals surface area contributed by atoms with E-state index in [4.69, 9.17) is 0 Å². The quantitative estimate of drug-likeness (QED) is 0.156. The van der Waals surface area contributed by atoms with Crippen LogP contribution in [0.25, 0.3) is 60.5 Å². The first kappa shape index (κ1) is 35.0. The predicted molar refractivity (Wildman–Crippen MR) is 256 cm³/mol. The van der Waals surface area contributed by atoms with Gasteiger partial charge in [0.1, 0.15) is 0 Å². The first-order valence-electron chi connectivity index (χ1n) is 21.1. The summed E-state index contributed by atoms with van der Waals surface area (Å²) in [7, 11) is 0. The van der Waals surface area contributed by atoms with E-state index in [0.717, 1.165) is 28.3 Å². The molecule has 0 saturated carbocycles. The van der Waals surface area contributed by atoms with E-state index in [2.05, 4.69) is 252 Å². The maximum Gasteiger partial charge on any atom is 0.0782 e. The van der Waals surface area contributed by atoms with Crippen molar-refractivity contribution in [3.05, 3.63) is 265 Å². The van der Waals surface area contributed by atoms with Crippen LogP contribution in [0.15, 0.2) is 243 Å². The number of fused-ring (bicyclic) bond motifs is 7. The standard InChI is InChI=1S/C59H40N2/c1-4-18-41(19-5-1)42-34-36-46(37-35-42)60(57-33-17-29-52-51-28-13-15-31-56(51)61(58(52)57)55-32-16-21-43-20-10-11-26-48(43)55)47-38-39-50-49-27-12-14-30-53(49)59(54(50)40-47,44-22-6-2-7-23-44)45-24-8-3-9-25-45/h1-40H. The minimum absolute atomic E-state index is 0.531. The Morgan fingerprint density at radius 1 is 0.361 bits per heavy atom. The van der Waals surface area contributed by atoms with Crippen LogP contribution in [0.4, 0.5) is 17.1 Å². The molecule has 1 aliphatic carbocycles. The number of hydrogen-bond donors (Lipinski definition) is 0. The maximum atomic E-state index is 2.50. The van der Waals surface area contributed by atoms with Gasteiger partial charge >= 0.3 is 0 Å². The van der Waals surface area contributed by atoms with Crippen molar-refractivity contribution >= 4 is 49.6 Å². The highest BCUT2D eigenvalue weighted by Gasteiger charge is 2.46. The number of para-hydroxylation sites is 2. The van der Waals surface area contributed by atoms with Gasteiger partial charge in [0.2, 0.25) is 0 Å². The van der Waals surface area contributed by atoms with Gasteiger partial charge in [-0.2, -0.15) is 0 Å². The molecule has 0 spiro atoms. The largest absolute Gasteiger partial charge is 0.308 e. The molecule has 0 amide bonds. The zero-order valence-corrected chi connectivity index (χ0v) is 33.5. The third-order valence-corrected chi connectivity index (χ3v) is 12.9. The summed E-state index contributed by atoms with van der Waals surface area (Å²) in [6.45, 7) is 0. The molecule has 2 heteroatoms. The van der Waals surface area contributed by atoms with Crippen molar-refractivity contribution in [1.29, 1.82) is 0 Å². The highest BCUT2D eigenvalue weighted by atomic mass is 15.2. The zero-order chi connectivity index (χ0) is 40.3. The maximum absolute atomic E-state index is 2.50. The fraction of sp³-hybridized carbons (Fsp3) is 0.0169. The van der Waals surface area contributed by atoms with Gasteiger partial charge in [-0.3, -0.25) is 0 Å². The molecule has 0 saturated heterocycles. The molecular weight excluding hydrogens is 737 g/mol. The lowest BCUT2D eigenvalue weighted by molar-refractivity contribution is 0.768. The normalized spacial score (nSPS) is 12.7. The van der Waals surface area contributed by atoms with Gasteiger partial charge in [-0.1, -0.05) is 200 Å². The summed E-state index contributed by atoms with van der Waals surface area (Å²) in [6, 6.07) is 89.2. The van der Waals surface area contributed by atoms with E-state index in [-0.39, 0.29) is 0 Å². The molecule has 0 atom stereocenters. The zero-order valence-electron chi connectivity index (χ0n) is 33.5. The predicted octanol–water partition coefficient (Wildman–Crippen LogP) is 15.4. The first-order valence-corrected chi connectivity index (χ1v) is 21.1. The Kier molecular flexibility index (Phi) is 8.11. The minimum Gasteiger partial charge on any atom is -0.308 e. The fourth-order valence-electron chi connectivity index (χ4n) is 10.3. The van der Waals surface area contributed by atoms with E-state index >= 15 is 0 Å². The highest BCUT2D eigenvalue weighted by molar-refractivity contribution is 6.15. The van der Waals surface area contributed by atoms with Crippen LogP contribution < -0.4 is 4.90 Å². The smallest absolute Gasteiger partial charge is 0.0782 e. The summed E-state index contributed by atoms with van der Waals surface area (Å²) in [5.41, 5.74) is 16.2. The third-order valence-electron chi connectivity index (χ3n) is 12.9. The van der Waals surface area contributed by atoms with Crippen LogP contribution >= 0.6 is 0 Å². The van der Waals surface area contributed by atoms with E-state index in [9.17, 15) is 0 Å². The van der Waals surface area contributed by atoms with Crippen molar-refractivity contribution in [3.63, 3.8) is 0 Å². The molecule has 0 fully saturated rings. The Morgan fingerprint density at radius 3 is 1.69 bits per heavy atom. The number of anilines is 3. The van der Waals surface area contributed by atoms with Crippen LogP contribution in [0.5, 0.6) is 0 Å². The second-order valence-corrected chi connectivity index (χ2v) is 16.0. The fourth-order valence-corrected chi connectivity index (χ4v) is 10.3. The monoisotopic (exact) mass is 776 g/mol. The molecule has 2 nitrogen and oxygen atoms in total. The van der Waals surface area contributed by atoms with Crippen LogP contribution in [-0.4, -0.2) is 4.57 Å². The second kappa shape index (κ2) is 14.1. The summed E-state index contributed by atoms with van der Waals surface area (Å²) in [4.78, 5) is 2.49. The molecule has 10 aromatic carbocycles. The molecule has 1 heterocycles. The van der Waals surface area contributed by atoms with E-state index in [0.29, 0.717) is 0 Å². The molecule has 0 unspecified atom stereocenters. The van der Waals surface area contributed by atoms with E-state index in [1.165, 1.54) is 71.6 Å². The van der Waals surface area contributed by atoms with Crippen LogP contribution in [0.2, 0.25) is 0 Å². The van der Waals surface area contributed by atoms with Crippen LogP contribution in [0, 0.1) is 0 Å². The molecule has 0 bridgehead atoms. The molecule has 1 aromatic heterocycles. The van der Waals surface area contributed by atoms with Crippen molar-refractivity contribution in [2.24, 2.45) is 0 Å². The molecule has 0 aliphatic heterocycles. The lowest BCUT2D eigenvalue weighted by Gasteiger charge is -2.35. The molecule has 12 rings (SSSR count). The Balaban J connectivity index is 1.17.